The average Bonchev–Trinajstić information content (AvgIpc) is 3.54. The van der Waals surface area contributed by atoms with Gasteiger partial charge in [-0.05, 0) is 48.0 Å². The zero-order valence-corrected chi connectivity index (χ0v) is 20.1. The van der Waals surface area contributed by atoms with E-state index in [1.807, 2.05) is 72.8 Å². The number of nitrogens with zero attached hydrogens (tertiary/aromatic N) is 2. The topological polar surface area (TPSA) is 79.5 Å². The molecule has 0 aliphatic heterocycles. The summed E-state index contributed by atoms with van der Waals surface area (Å²) < 4.78 is 0. The number of quaternary nitrogens is 1. The van der Waals surface area contributed by atoms with Gasteiger partial charge in [-0.1, -0.05) is 18.2 Å². The van der Waals surface area contributed by atoms with Crippen molar-refractivity contribution >= 4 is 46.1 Å². The fourth-order valence-electron chi connectivity index (χ4n) is 3.56. The number of aliphatic carboxylic acids is 1. The Kier molecular flexibility index (Phi) is 7.03. The molecule has 0 spiro atoms. The molecule has 0 aliphatic carbocycles. The molecule has 170 valence electrons. The molecule has 0 saturated carbocycles. The van der Waals surface area contributed by atoms with Crippen LogP contribution in [0.3, 0.4) is 0 Å². The van der Waals surface area contributed by atoms with Crippen molar-refractivity contribution in [3.8, 4) is 26.3 Å². The molecule has 34 heavy (non-hydrogen) atoms. The van der Waals surface area contributed by atoms with E-state index in [-0.39, 0.29) is 10.4 Å². The van der Waals surface area contributed by atoms with Gasteiger partial charge in [0.15, 0.2) is 0 Å². The van der Waals surface area contributed by atoms with Gasteiger partial charge in [-0.15, -0.1) is 22.7 Å². The van der Waals surface area contributed by atoms with Gasteiger partial charge in [-0.25, -0.2) is 4.79 Å². The highest BCUT2D eigenvalue weighted by molar-refractivity contribution is 7.24. The number of benzene rings is 2. The Morgan fingerprint density at radius 2 is 1.44 bits per heavy atom. The first-order chi connectivity index (χ1) is 16.5. The summed E-state index contributed by atoms with van der Waals surface area (Å²) in [5.74, 6) is -1.23. The molecule has 0 radical (unpaired) electrons. The Morgan fingerprint density at radius 3 is 2.06 bits per heavy atom. The van der Waals surface area contributed by atoms with Crippen molar-refractivity contribution in [2.45, 2.75) is 0 Å². The van der Waals surface area contributed by atoms with Crippen LogP contribution in [0.25, 0.3) is 26.3 Å². The van der Waals surface area contributed by atoms with E-state index >= 15 is 0 Å². The van der Waals surface area contributed by atoms with Gasteiger partial charge in [0.05, 0.1) is 0 Å². The summed E-state index contributed by atoms with van der Waals surface area (Å²) in [7, 11) is 3.22. The lowest BCUT2D eigenvalue weighted by atomic mass is 10.1. The minimum Gasteiger partial charge on any atom is -0.477 e. The zero-order valence-electron chi connectivity index (χ0n) is 18.5. The first kappa shape index (κ1) is 23.6. The molecule has 4 aromatic rings. The number of carboxylic acid groups (broad SMARTS) is 1. The smallest absolute Gasteiger partial charge is 0.346 e. The first-order valence-corrected chi connectivity index (χ1v) is 11.9. The number of hydrogen-bond donors (Lipinski definition) is 1. The number of para-hydroxylation sites is 1. The van der Waals surface area contributed by atoms with E-state index < -0.39 is 5.97 Å². The van der Waals surface area contributed by atoms with Crippen LogP contribution in [0, 0.1) is 11.3 Å². The number of rotatable bonds is 8. The van der Waals surface area contributed by atoms with Crippen molar-refractivity contribution in [1.82, 2.24) is 4.81 Å². The number of nitriles is 1. The van der Waals surface area contributed by atoms with Crippen molar-refractivity contribution in [3.63, 3.8) is 0 Å². The number of carboxylic acids is 1. The lowest BCUT2D eigenvalue weighted by Crippen LogP contribution is -2.41. The third-order valence-electron chi connectivity index (χ3n) is 5.22. The van der Waals surface area contributed by atoms with Crippen molar-refractivity contribution in [3.05, 3.63) is 89.3 Å². The summed E-state index contributed by atoms with van der Waals surface area (Å²) >= 11 is 3.09. The quantitative estimate of drug-likeness (QED) is 0.126. The maximum absolute atomic E-state index is 11.1. The molecule has 6 nitrogen and oxygen atoms in total. The Morgan fingerprint density at radius 1 is 0.853 bits per heavy atom. The molecule has 4 rings (SSSR count). The standard InChI is InChI=1S/C26H20N2O4S2/c1-31-28(32-2,20-6-4-3-5-7-20)21-10-8-18(9-11-21)23-14-15-25(34-23)24-13-12-22(33-24)16-19(17-27)26(29)30/h3-16H,1-2H3/p+1. The van der Waals surface area contributed by atoms with Crippen LogP contribution < -0.4 is 4.81 Å². The average molecular weight is 490 g/mol. The Balaban J connectivity index is 1.60. The van der Waals surface area contributed by atoms with E-state index in [4.69, 9.17) is 20.0 Å². The second kappa shape index (κ2) is 10.1. The van der Waals surface area contributed by atoms with Gasteiger partial charge >= 0.3 is 5.97 Å². The summed E-state index contributed by atoms with van der Waals surface area (Å²) in [6, 6.07) is 27.4. The maximum atomic E-state index is 11.1. The van der Waals surface area contributed by atoms with Crippen LogP contribution in [0.2, 0.25) is 0 Å². The first-order valence-electron chi connectivity index (χ1n) is 10.2. The third-order valence-corrected chi connectivity index (χ3v) is 7.58. The molecule has 0 fully saturated rings. The minimum absolute atomic E-state index is 0.191. The molecule has 2 aromatic carbocycles. The van der Waals surface area contributed by atoms with Gasteiger partial charge < -0.3 is 5.11 Å². The molecular formula is C26H21N2O4S2+. The van der Waals surface area contributed by atoms with Crippen LogP contribution in [0.1, 0.15) is 4.88 Å². The molecule has 2 heterocycles. The molecule has 0 atom stereocenters. The summed E-state index contributed by atoms with van der Waals surface area (Å²) in [5, 5.41) is 18.0. The summed E-state index contributed by atoms with van der Waals surface area (Å²) in [6.07, 6.45) is 1.40. The van der Waals surface area contributed by atoms with E-state index in [1.54, 1.807) is 31.6 Å². The van der Waals surface area contributed by atoms with Crippen molar-refractivity contribution < 1.29 is 19.6 Å². The summed E-state index contributed by atoms with van der Waals surface area (Å²) in [6.45, 7) is 0. The van der Waals surface area contributed by atoms with Crippen LogP contribution in [0.5, 0.6) is 0 Å². The van der Waals surface area contributed by atoms with Gasteiger partial charge in [0.25, 0.3) is 0 Å². The van der Waals surface area contributed by atoms with Crippen LogP contribution in [-0.2, 0) is 14.5 Å². The SMILES string of the molecule is CO[N+](OC)(c1ccccc1)c1ccc(-c2ccc(-c3ccc(C=C(C#N)C(=O)O)s3)s2)cc1. The largest absolute Gasteiger partial charge is 0.477 e. The lowest BCUT2D eigenvalue weighted by Gasteiger charge is -2.28. The molecule has 0 unspecified atom stereocenters. The van der Waals surface area contributed by atoms with E-state index in [0.717, 1.165) is 36.4 Å². The predicted octanol–water partition coefficient (Wildman–Crippen LogP) is 6.90. The highest BCUT2D eigenvalue weighted by atomic mass is 32.1. The van der Waals surface area contributed by atoms with Gasteiger partial charge in [-0.3, -0.25) is 0 Å². The second-order valence-electron chi connectivity index (χ2n) is 7.14. The zero-order chi connectivity index (χ0) is 24.1. The molecular weight excluding hydrogens is 468 g/mol. The van der Waals surface area contributed by atoms with E-state index in [1.165, 1.54) is 17.4 Å². The lowest BCUT2D eigenvalue weighted by molar-refractivity contribution is -0.286. The molecule has 8 heteroatoms. The van der Waals surface area contributed by atoms with E-state index in [0.29, 0.717) is 0 Å². The van der Waals surface area contributed by atoms with Crippen molar-refractivity contribution in [2.75, 3.05) is 14.2 Å². The second-order valence-corrected chi connectivity index (χ2v) is 9.34. The molecule has 1 N–H and O–H groups in total. The van der Waals surface area contributed by atoms with Gasteiger partial charge in [0, 0.05) is 48.6 Å². The highest BCUT2D eigenvalue weighted by Gasteiger charge is 2.36. The Hall–Kier alpha value is -3.58. The number of thiophene rings is 2. The monoisotopic (exact) mass is 489 g/mol. The van der Waals surface area contributed by atoms with Crippen LogP contribution in [0.15, 0.2) is 84.4 Å². The van der Waals surface area contributed by atoms with Crippen molar-refractivity contribution in [1.29, 1.82) is 5.26 Å². The fraction of sp³-hybridized carbons (Fsp3) is 0.0769. The van der Waals surface area contributed by atoms with Gasteiger partial charge in [0.1, 0.15) is 25.9 Å². The molecule has 2 aromatic heterocycles. The molecule has 0 amide bonds. The molecule has 0 saturated heterocycles. The van der Waals surface area contributed by atoms with Gasteiger partial charge in [0.2, 0.25) is 11.4 Å². The molecule has 0 aliphatic rings. The summed E-state index contributed by atoms with van der Waals surface area (Å²) in [4.78, 5) is 26.3. The fourth-order valence-corrected chi connectivity index (χ4v) is 5.62. The normalized spacial score (nSPS) is 11.9. The van der Waals surface area contributed by atoms with E-state index in [2.05, 4.69) is 6.07 Å². The minimum atomic E-state index is -1.23. The maximum Gasteiger partial charge on any atom is 0.346 e. The number of hydrogen-bond acceptors (Lipinski definition) is 6. The van der Waals surface area contributed by atoms with Crippen LogP contribution in [-0.4, -0.2) is 25.3 Å². The van der Waals surface area contributed by atoms with Crippen molar-refractivity contribution in [2.24, 2.45) is 0 Å². The third kappa shape index (κ3) is 4.56. The van der Waals surface area contributed by atoms with Gasteiger partial charge in [-0.2, -0.15) is 14.9 Å². The van der Waals surface area contributed by atoms with Crippen LogP contribution in [0.4, 0.5) is 11.4 Å². The highest BCUT2D eigenvalue weighted by Crippen LogP contribution is 2.40. The number of carbonyl (C=O) groups is 1. The Labute approximate surface area is 205 Å². The molecule has 0 bridgehead atoms. The predicted molar refractivity (Wildman–Crippen MR) is 136 cm³/mol. The van der Waals surface area contributed by atoms with Crippen LogP contribution >= 0.6 is 22.7 Å². The summed E-state index contributed by atoms with van der Waals surface area (Å²) in [5.41, 5.74) is 2.46. The van der Waals surface area contributed by atoms with E-state index in [9.17, 15) is 4.79 Å². The Bertz CT molecular complexity index is 1360.